The van der Waals surface area contributed by atoms with Crippen LogP contribution in [0, 0.1) is 6.92 Å². The second kappa shape index (κ2) is 6.65. The summed E-state index contributed by atoms with van der Waals surface area (Å²) in [6.45, 7) is 4.70. The molecule has 1 atom stereocenters. The Bertz CT molecular complexity index is 790. The van der Waals surface area contributed by atoms with Crippen molar-refractivity contribution in [3.63, 3.8) is 0 Å². The van der Waals surface area contributed by atoms with Crippen LogP contribution < -0.4 is 4.90 Å². The fraction of sp³-hybridized carbons (Fsp3) is 0.263. The van der Waals surface area contributed by atoms with Crippen LogP contribution in [0.1, 0.15) is 22.8 Å². The van der Waals surface area contributed by atoms with Crippen LogP contribution in [0.3, 0.4) is 0 Å². The first kappa shape index (κ1) is 16.5. The summed E-state index contributed by atoms with van der Waals surface area (Å²) in [5.74, 6) is -0.276. The molecule has 1 heterocycles. The molecule has 3 rings (SSSR count). The molecule has 2 amide bonds. The Morgan fingerprint density at radius 1 is 1.08 bits per heavy atom. The molecule has 5 heteroatoms. The number of carbonyl (C=O) groups is 2. The second-order valence-corrected chi connectivity index (χ2v) is 6.34. The molecule has 1 aliphatic rings. The van der Waals surface area contributed by atoms with Crippen molar-refractivity contribution in [3.05, 3.63) is 64.7 Å². The molecule has 1 aliphatic heterocycles. The maximum atomic E-state index is 12.8. The van der Waals surface area contributed by atoms with E-state index in [-0.39, 0.29) is 11.8 Å². The maximum absolute atomic E-state index is 12.8. The summed E-state index contributed by atoms with van der Waals surface area (Å²) in [6, 6.07) is 14.2. The zero-order valence-electron chi connectivity index (χ0n) is 13.7. The van der Waals surface area contributed by atoms with E-state index in [2.05, 4.69) is 0 Å². The molecular formula is C19H19ClN2O2. The number of carbonyl (C=O) groups excluding carboxylic acids is 2. The van der Waals surface area contributed by atoms with Crippen molar-refractivity contribution in [1.82, 2.24) is 4.90 Å². The lowest BCUT2D eigenvalue weighted by Crippen LogP contribution is -2.58. The molecule has 2 aromatic carbocycles. The normalized spacial score (nSPS) is 18.0. The van der Waals surface area contributed by atoms with Gasteiger partial charge in [-0.05, 0) is 37.6 Å². The zero-order chi connectivity index (χ0) is 17.3. The van der Waals surface area contributed by atoms with Gasteiger partial charge in [0.15, 0.2) is 0 Å². The number of amides is 2. The van der Waals surface area contributed by atoms with Crippen molar-refractivity contribution in [3.8, 4) is 0 Å². The highest BCUT2D eigenvalue weighted by molar-refractivity contribution is 6.33. The van der Waals surface area contributed by atoms with Crippen molar-refractivity contribution >= 4 is 29.1 Å². The Balaban J connectivity index is 1.84. The lowest BCUT2D eigenvalue weighted by molar-refractivity contribution is -0.124. The van der Waals surface area contributed by atoms with Gasteiger partial charge in [-0.15, -0.1) is 0 Å². The molecule has 1 fully saturated rings. The predicted molar refractivity (Wildman–Crippen MR) is 95.5 cm³/mol. The van der Waals surface area contributed by atoms with E-state index in [0.29, 0.717) is 23.7 Å². The number of piperazine rings is 1. The van der Waals surface area contributed by atoms with Gasteiger partial charge in [0.05, 0.1) is 10.6 Å². The summed E-state index contributed by atoms with van der Waals surface area (Å²) in [5.41, 5.74) is 2.38. The van der Waals surface area contributed by atoms with Crippen LogP contribution >= 0.6 is 11.6 Å². The first-order valence-corrected chi connectivity index (χ1v) is 8.31. The molecule has 4 nitrogen and oxygen atoms in total. The van der Waals surface area contributed by atoms with Gasteiger partial charge < -0.3 is 9.80 Å². The van der Waals surface area contributed by atoms with Gasteiger partial charge in [0.2, 0.25) is 5.91 Å². The number of para-hydroxylation sites is 1. The summed E-state index contributed by atoms with van der Waals surface area (Å²) in [5, 5.41) is 0.406. The van der Waals surface area contributed by atoms with E-state index in [1.807, 2.05) is 31.2 Å². The van der Waals surface area contributed by atoms with Crippen molar-refractivity contribution < 1.29 is 9.59 Å². The number of nitrogens with zero attached hydrogens (tertiary/aromatic N) is 2. The van der Waals surface area contributed by atoms with Gasteiger partial charge in [-0.2, -0.15) is 0 Å². The Kier molecular flexibility index (Phi) is 4.58. The molecule has 0 bridgehead atoms. The van der Waals surface area contributed by atoms with Crippen LogP contribution in [-0.4, -0.2) is 35.8 Å². The first-order valence-electron chi connectivity index (χ1n) is 7.93. The number of hydrogen-bond donors (Lipinski definition) is 0. The summed E-state index contributed by atoms with van der Waals surface area (Å²) in [7, 11) is 0. The monoisotopic (exact) mass is 342 g/mol. The molecule has 2 aromatic rings. The van der Waals surface area contributed by atoms with Crippen LogP contribution in [0.5, 0.6) is 0 Å². The molecule has 0 saturated carbocycles. The summed E-state index contributed by atoms with van der Waals surface area (Å²) >= 11 is 6.12. The van der Waals surface area contributed by atoms with E-state index >= 15 is 0 Å². The quantitative estimate of drug-likeness (QED) is 0.837. The fourth-order valence-electron chi connectivity index (χ4n) is 3.04. The number of halogens is 1. The van der Waals surface area contributed by atoms with E-state index in [0.717, 1.165) is 11.3 Å². The summed E-state index contributed by atoms with van der Waals surface area (Å²) in [4.78, 5) is 28.9. The van der Waals surface area contributed by atoms with Gasteiger partial charge in [-0.3, -0.25) is 9.59 Å². The molecule has 0 spiro atoms. The minimum Gasteiger partial charge on any atom is -0.325 e. The maximum Gasteiger partial charge on any atom is 0.256 e. The van der Waals surface area contributed by atoms with Crippen LogP contribution in [0.15, 0.2) is 48.5 Å². The number of rotatable bonds is 2. The molecule has 0 radical (unpaired) electrons. The Labute approximate surface area is 146 Å². The Hall–Kier alpha value is -2.33. The molecule has 24 heavy (non-hydrogen) atoms. The number of benzene rings is 2. The number of hydrogen-bond acceptors (Lipinski definition) is 2. The molecule has 0 N–H and O–H groups in total. The van der Waals surface area contributed by atoms with Crippen molar-refractivity contribution in [2.75, 3.05) is 18.0 Å². The highest BCUT2D eigenvalue weighted by Gasteiger charge is 2.36. The van der Waals surface area contributed by atoms with Crippen LogP contribution in [0.25, 0.3) is 0 Å². The van der Waals surface area contributed by atoms with Crippen molar-refractivity contribution in [1.29, 1.82) is 0 Å². The van der Waals surface area contributed by atoms with E-state index in [1.54, 1.807) is 41.0 Å². The molecule has 1 saturated heterocycles. The predicted octanol–water partition coefficient (Wildman–Crippen LogP) is 3.53. The standard InChI is InChI=1S/C19H19ClN2O2/c1-13-7-3-6-10-17(13)22-12-11-21(14(2)18(22)23)19(24)15-8-4-5-9-16(15)20/h3-10,14H,11-12H2,1-2H3/t14-/m1/s1. The smallest absolute Gasteiger partial charge is 0.256 e. The first-order chi connectivity index (χ1) is 11.5. The third-order valence-corrected chi connectivity index (χ3v) is 4.76. The SMILES string of the molecule is Cc1ccccc1N1CCN(C(=O)c2ccccc2Cl)[C@H](C)C1=O. The summed E-state index contributed by atoms with van der Waals surface area (Å²) < 4.78 is 0. The van der Waals surface area contributed by atoms with Crippen LogP contribution in [-0.2, 0) is 4.79 Å². The van der Waals surface area contributed by atoms with Gasteiger partial charge in [-0.1, -0.05) is 41.9 Å². The van der Waals surface area contributed by atoms with E-state index in [1.165, 1.54) is 0 Å². The van der Waals surface area contributed by atoms with E-state index in [9.17, 15) is 9.59 Å². The van der Waals surface area contributed by atoms with E-state index < -0.39 is 6.04 Å². The topological polar surface area (TPSA) is 40.6 Å². The summed E-state index contributed by atoms with van der Waals surface area (Å²) in [6.07, 6.45) is 0. The average molecular weight is 343 g/mol. The molecule has 0 aliphatic carbocycles. The minimum absolute atomic E-state index is 0.0732. The average Bonchev–Trinajstić information content (AvgIpc) is 2.58. The number of aryl methyl sites for hydroxylation is 1. The van der Waals surface area contributed by atoms with Gasteiger partial charge >= 0.3 is 0 Å². The lowest BCUT2D eigenvalue weighted by Gasteiger charge is -2.39. The van der Waals surface area contributed by atoms with Crippen LogP contribution in [0.2, 0.25) is 5.02 Å². The van der Waals surface area contributed by atoms with Crippen LogP contribution in [0.4, 0.5) is 5.69 Å². The molecule has 124 valence electrons. The second-order valence-electron chi connectivity index (χ2n) is 5.93. The van der Waals surface area contributed by atoms with Crippen molar-refractivity contribution in [2.45, 2.75) is 19.9 Å². The largest absolute Gasteiger partial charge is 0.325 e. The van der Waals surface area contributed by atoms with Crippen molar-refractivity contribution in [2.24, 2.45) is 0 Å². The third kappa shape index (κ3) is 2.89. The highest BCUT2D eigenvalue weighted by atomic mass is 35.5. The molecule has 0 aromatic heterocycles. The van der Waals surface area contributed by atoms with Gasteiger partial charge in [0.1, 0.15) is 6.04 Å². The third-order valence-electron chi connectivity index (χ3n) is 4.43. The van der Waals surface area contributed by atoms with Gasteiger partial charge in [0, 0.05) is 18.8 Å². The Morgan fingerprint density at radius 2 is 1.75 bits per heavy atom. The zero-order valence-corrected chi connectivity index (χ0v) is 14.5. The Morgan fingerprint density at radius 3 is 2.46 bits per heavy atom. The van der Waals surface area contributed by atoms with Gasteiger partial charge in [0.25, 0.3) is 5.91 Å². The minimum atomic E-state index is -0.526. The lowest BCUT2D eigenvalue weighted by atomic mass is 10.1. The molecule has 0 unspecified atom stereocenters. The van der Waals surface area contributed by atoms with Gasteiger partial charge in [-0.25, -0.2) is 0 Å². The van der Waals surface area contributed by atoms with E-state index in [4.69, 9.17) is 11.6 Å². The number of anilines is 1. The highest BCUT2D eigenvalue weighted by Crippen LogP contribution is 2.26. The fourth-order valence-corrected chi connectivity index (χ4v) is 3.26. The molecular weight excluding hydrogens is 324 g/mol.